The fourth-order valence-corrected chi connectivity index (χ4v) is 2.24. The highest BCUT2D eigenvalue weighted by Crippen LogP contribution is 2.18. The van der Waals surface area contributed by atoms with Crippen LogP contribution in [-0.4, -0.2) is 0 Å². The fourth-order valence-electron chi connectivity index (χ4n) is 2.24. The molecule has 0 aromatic rings. The van der Waals surface area contributed by atoms with Gasteiger partial charge in [0.2, 0.25) is 0 Å². The maximum absolute atomic E-state index is 3.94. The van der Waals surface area contributed by atoms with Gasteiger partial charge in [-0.1, -0.05) is 61.4 Å². The Balaban J connectivity index is 3.71. The minimum Gasteiger partial charge on any atom is -0.0988 e. The predicted octanol–water partition coefficient (Wildman–Crippen LogP) is 7.01. The first-order chi connectivity index (χ1) is 9.45. The molecule has 0 rings (SSSR count). The molecule has 0 aliphatic heterocycles. The molecule has 0 fully saturated rings. The van der Waals surface area contributed by atoms with Crippen LogP contribution in [0.2, 0.25) is 0 Å². The van der Waals surface area contributed by atoms with E-state index in [-0.39, 0.29) is 0 Å². The third-order valence-corrected chi connectivity index (χ3v) is 3.73. The van der Waals surface area contributed by atoms with E-state index in [0.717, 1.165) is 24.3 Å². The van der Waals surface area contributed by atoms with Crippen molar-refractivity contribution in [3.63, 3.8) is 0 Å². The average Bonchev–Trinajstić information content (AvgIpc) is 2.38. The van der Waals surface area contributed by atoms with Gasteiger partial charge in [0.15, 0.2) is 0 Å². The number of allylic oxidation sites excluding steroid dienone is 6. The number of hydrogen-bond donors (Lipinski definition) is 0. The predicted molar refractivity (Wildman–Crippen MR) is 94.0 cm³/mol. The first kappa shape index (κ1) is 19.0. The molecule has 0 N–H and O–H groups in total. The molecule has 0 radical (unpaired) electrons. The Morgan fingerprint density at radius 2 is 1.70 bits per heavy atom. The Morgan fingerprint density at radius 3 is 2.30 bits per heavy atom. The Kier molecular flexibility index (Phi) is 11.1. The van der Waals surface area contributed by atoms with E-state index >= 15 is 0 Å². The average molecular weight is 274 g/mol. The van der Waals surface area contributed by atoms with E-state index in [9.17, 15) is 0 Å². The van der Waals surface area contributed by atoms with Crippen molar-refractivity contribution in [2.75, 3.05) is 0 Å². The monoisotopic (exact) mass is 274 g/mol. The van der Waals surface area contributed by atoms with E-state index in [4.69, 9.17) is 0 Å². The van der Waals surface area contributed by atoms with Crippen LogP contribution in [-0.2, 0) is 0 Å². The summed E-state index contributed by atoms with van der Waals surface area (Å²) in [6, 6.07) is 0. The molecule has 0 saturated carbocycles. The zero-order valence-electron chi connectivity index (χ0n) is 14.2. The van der Waals surface area contributed by atoms with Crippen molar-refractivity contribution in [2.45, 2.75) is 72.6 Å². The van der Waals surface area contributed by atoms with Gasteiger partial charge < -0.3 is 0 Å². The zero-order valence-corrected chi connectivity index (χ0v) is 14.2. The van der Waals surface area contributed by atoms with Crippen LogP contribution in [0, 0.1) is 5.92 Å². The van der Waals surface area contributed by atoms with Gasteiger partial charge in [-0.2, -0.15) is 0 Å². The Morgan fingerprint density at radius 1 is 1.00 bits per heavy atom. The lowest BCUT2D eigenvalue weighted by atomic mass is 9.96. The quantitative estimate of drug-likeness (QED) is 0.281. The van der Waals surface area contributed by atoms with Crippen LogP contribution in [0.4, 0.5) is 0 Å². The summed E-state index contributed by atoms with van der Waals surface area (Å²) < 4.78 is 0. The highest BCUT2D eigenvalue weighted by atomic mass is 14.1. The topological polar surface area (TPSA) is 0 Å². The van der Waals surface area contributed by atoms with Gasteiger partial charge in [-0.15, -0.1) is 0 Å². The standard InChI is InChI=1S/C20H34/c1-7-18(4)12-9-14-20(6)16-10-15-19(5)13-8-11-17(2)3/h7,11,14,19H,1,4,8-10,12-13,15-16H2,2-3,5-6H3/b20-14+. The lowest BCUT2D eigenvalue weighted by Gasteiger charge is -2.10. The first-order valence-electron chi connectivity index (χ1n) is 8.05. The number of rotatable bonds is 11. The third-order valence-electron chi connectivity index (χ3n) is 3.73. The SMILES string of the molecule is C=CC(=C)CC/C=C(\C)CCCC(C)CCC=C(C)C. The molecule has 114 valence electrons. The molecule has 20 heavy (non-hydrogen) atoms. The van der Waals surface area contributed by atoms with E-state index in [1.165, 1.54) is 43.3 Å². The molecular weight excluding hydrogens is 240 g/mol. The minimum absolute atomic E-state index is 0.846. The van der Waals surface area contributed by atoms with Crippen LogP contribution in [0.15, 0.2) is 48.1 Å². The zero-order chi connectivity index (χ0) is 15.4. The van der Waals surface area contributed by atoms with Gasteiger partial charge in [0, 0.05) is 0 Å². The van der Waals surface area contributed by atoms with Crippen LogP contribution >= 0.6 is 0 Å². The van der Waals surface area contributed by atoms with Gasteiger partial charge in [0.05, 0.1) is 0 Å². The molecule has 1 unspecified atom stereocenters. The molecule has 0 bridgehead atoms. The summed E-state index contributed by atoms with van der Waals surface area (Å²) in [6.07, 6.45) is 15.2. The molecule has 0 aliphatic carbocycles. The van der Waals surface area contributed by atoms with E-state index in [1.54, 1.807) is 0 Å². The van der Waals surface area contributed by atoms with Gasteiger partial charge in [0.1, 0.15) is 0 Å². The van der Waals surface area contributed by atoms with Crippen LogP contribution in [0.5, 0.6) is 0 Å². The van der Waals surface area contributed by atoms with Crippen molar-refractivity contribution in [2.24, 2.45) is 5.92 Å². The van der Waals surface area contributed by atoms with Gasteiger partial charge in [0.25, 0.3) is 0 Å². The van der Waals surface area contributed by atoms with E-state index in [0.29, 0.717) is 0 Å². The molecule has 0 aliphatic rings. The number of hydrogen-bond acceptors (Lipinski definition) is 0. The highest BCUT2D eigenvalue weighted by Gasteiger charge is 2.01. The van der Waals surface area contributed by atoms with Crippen molar-refractivity contribution in [1.29, 1.82) is 0 Å². The maximum Gasteiger partial charge on any atom is -0.0250 e. The first-order valence-corrected chi connectivity index (χ1v) is 8.05. The normalized spacial score (nSPS) is 12.9. The lowest BCUT2D eigenvalue weighted by molar-refractivity contribution is 0.478. The highest BCUT2D eigenvalue weighted by molar-refractivity contribution is 5.12. The Bertz CT molecular complexity index is 337. The second-order valence-corrected chi connectivity index (χ2v) is 6.31. The molecule has 1 atom stereocenters. The second-order valence-electron chi connectivity index (χ2n) is 6.31. The molecule has 0 saturated heterocycles. The van der Waals surface area contributed by atoms with Gasteiger partial charge >= 0.3 is 0 Å². The summed E-state index contributed by atoms with van der Waals surface area (Å²) in [5.41, 5.74) is 4.11. The van der Waals surface area contributed by atoms with Crippen molar-refractivity contribution in [3.05, 3.63) is 48.1 Å². The van der Waals surface area contributed by atoms with E-state index in [1.807, 2.05) is 6.08 Å². The molecule has 0 nitrogen and oxygen atoms in total. The summed E-state index contributed by atoms with van der Waals surface area (Å²) in [7, 11) is 0. The summed E-state index contributed by atoms with van der Waals surface area (Å²) in [5.74, 6) is 0.846. The van der Waals surface area contributed by atoms with Crippen molar-refractivity contribution >= 4 is 0 Å². The minimum atomic E-state index is 0.846. The Hall–Kier alpha value is -1.04. The van der Waals surface area contributed by atoms with Gasteiger partial charge in [-0.05, 0) is 65.2 Å². The second kappa shape index (κ2) is 11.8. The lowest BCUT2D eigenvalue weighted by Crippen LogP contribution is -1.94. The van der Waals surface area contributed by atoms with Crippen molar-refractivity contribution in [1.82, 2.24) is 0 Å². The maximum atomic E-state index is 3.94. The van der Waals surface area contributed by atoms with Crippen LogP contribution < -0.4 is 0 Å². The largest absolute Gasteiger partial charge is 0.0988 e. The molecular formula is C20H34. The van der Waals surface area contributed by atoms with E-state index < -0.39 is 0 Å². The smallest absolute Gasteiger partial charge is 0.0250 e. The van der Waals surface area contributed by atoms with Crippen LogP contribution in [0.25, 0.3) is 0 Å². The van der Waals surface area contributed by atoms with Crippen LogP contribution in [0.3, 0.4) is 0 Å². The summed E-state index contributed by atoms with van der Waals surface area (Å²) in [5, 5.41) is 0. The van der Waals surface area contributed by atoms with Crippen molar-refractivity contribution in [3.8, 4) is 0 Å². The molecule has 0 heteroatoms. The molecule has 0 spiro atoms. The van der Waals surface area contributed by atoms with Gasteiger partial charge in [-0.3, -0.25) is 0 Å². The summed E-state index contributed by atoms with van der Waals surface area (Å²) in [4.78, 5) is 0. The Labute approximate surface area is 127 Å². The molecule has 0 aromatic carbocycles. The molecule has 0 aromatic heterocycles. The summed E-state index contributed by atoms with van der Waals surface area (Å²) in [6.45, 7) is 16.7. The van der Waals surface area contributed by atoms with Crippen LogP contribution in [0.1, 0.15) is 72.6 Å². The summed E-state index contributed by atoms with van der Waals surface area (Å²) >= 11 is 0. The molecule has 0 heterocycles. The fraction of sp³-hybridized carbons (Fsp3) is 0.600. The molecule has 0 amide bonds. The van der Waals surface area contributed by atoms with Gasteiger partial charge in [-0.25, -0.2) is 0 Å². The third kappa shape index (κ3) is 12.0. The van der Waals surface area contributed by atoms with Crippen molar-refractivity contribution < 1.29 is 0 Å². The van der Waals surface area contributed by atoms with E-state index in [2.05, 4.69) is 53.0 Å².